The summed E-state index contributed by atoms with van der Waals surface area (Å²) in [6.07, 6.45) is 3.68. The molecule has 0 aliphatic heterocycles. The Morgan fingerprint density at radius 3 is 2.67 bits per heavy atom. The molecule has 0 heterocycles. The molecule has 1 aromatic rings. The average Bonchev–Trinajstić information content (AvgIpc) is 1.96. The lowest BCUT2D eigenvalue weighted by Gasteiger charge is -2.30. The van der Waals surface area contributed by atoms with Crippen LogP contribution in [-0.2, 0) is 6.42 Å². The summed E-state index contributed by atoms with van der Waals surface area (Å²) < 4.78 is 13.8. The van der Waals surface area contributed by atoms with E-state index in [1.807, 2.05) is 6.07 Å². The fourth-order valence-corrected chi connectivity index (χ4v) is 2.47. The van der Waals surface area contributed by atoms with Gasteiger partial charge in [-0.25, -0.2) is 4.39 Å². The lowest BCUT2D eigenvalue weighted by Crippen LogP contribution is -2.28. The second-order valence-corrected chi connectivity index (χ2v) is 5.16. The van der Waals surface area contributed by atoms with Crippen molar-refractivity contribution < 1.29 is 9.50 Å². The van der Waals surface area contributed by atoms with Crippen LogP contribution in [0, 0.1) is 11.7 Å². The van der Waals surface area contributed by atoms with E-state index in [9.17, 15) is 9.50 Å². The molecule has 15 heavy (non-hydrogen) atoms. The van der Waals surface area contributed by atoms with Crippen molar-refractivity contribution in [3.05, 3.63) is 34.1 Å². The number of rotatable bonds is 3. The van der Waals surface area contributed by atoms with Gasteiger partial charge < -0.3 is 5.11 Å². The Labute approximate surface area is 97.4 Å². The largest absolute Gasteiger partial charge is 0.392 e. The van der Waals surface area contributed by atoms with E-state index in [1.165, 1.54) is 18.6 Å². The fourth-order valence-electron chi connectivity index (χ4n) is 1.96. The molecule has 1 unspecified atom stereocenters. The molecule has 0 radical (unpaired) electrons. The van der Waals surface area contributed by atoms with Crippen molar-refractivity contribution in [3.63, 3.8) is 0 Å². The van der Waals surface area contributed by atoms with Gasteiger partial charge in [-0.2, -0.15) is 0 Å². The van der Waals surface area contributed by atoms with Gasteiger partial charge >= 0.3 is 0 Å². The lowest BCUT2D eigenvalue weighted by atomic mass is 9.79. The van der Waals surface area contributed by atoms with Crippen molar-refractivity contribution in [2.45, 2.75) is 31.8 Å². The Morgan fingerprint density at radius 2 is 2.13 bits per heavy atom. The van der Waals surface area contributed by atoms with Gasteiger partial charge in [-0.3, -0.25) is 0 Å². The summed E-state index contributed by atoms with van der Waals surface area (Å²) in [7, 11) is 0. The first kappa shape index (κ1) is 11.1. The van der Waals surface area contributed by atoms with Crippen molar-refractivity contribution in [3.8, 4) is 0 Å². The molecule has 0 spiro atoms. The maximum Gasteiger partial charge on any atom is 0.124 e. The molecule has 1 N–H and O–H groups in total. The molecular weight excluding hydrogens is 259 g/mol. The van der Waals surface area contributed by atoms with Crippen LogP contribution in [0.3, 0.4) is 0 Å². The van der Waals surface area contributed by atoms with Crippen molar-refractivity contribution in [2.24, 2.45) is 5.92 Å². The number of hydrogen-bond donors (Lipinski definition) is 1. The summed E-state index contributed by atoms with van der Waals surface area (Å²) in [4.78, 5) is 0. The molecule has 0 amide bonds. The van der Waals surface area contributed by atoms with Crippen LogP contribution in [-0.4, -0.2) is 11.2 Å². The molecule has 2 rings (SSSR count). The molecule has 1 atom stereocenters. The third-order valence-corrected chi connectivity index (χ3v) is 3.52. The van der Waals surface area contributed by atoms with E-state index in [0.717, 1.165) is 22.9 Å². The highest BCUT2D eigenvalue weighted by molar-refractivity contribution is 9.10. The Hall–Kier alpha value is -0.410. The first-order valence-corrected chi connectivity index (χ1v) is 6.07. The van der Waals surface area contributed by atoms with Crippen molar-refractivity contribution in [1.82, 2.24) is 0 Å². The highest BCUT2D eigenvalue weighted by Crippen LogP contribution is 2.31. The quantitative estimate of drug-likeness (QED) is 0.896. The summed E-state index contributed by atoms with van der Waals surface area (Å²) >= 11 is 3.25. The Balaban J connectivity index is 2.02. The van der Waals surface area contributed by atoms with Gasteiger partial charge in [0.25, 0.3) is 0 Å². The maximum absolute atomic E-state index is 13.1. The molecule has 0 aromatic heterocycles. The van der Waals surface area contributed by atoms with Crippen LogP contribution in [0.15, 0.2) is 22.7 Å². The summed E-state index contributed by atoms with van der Waals surface area (Å²) in [5.41, 5.74) is 0.862. The Bertz CT molecular complexity index is 329. The zero-order valence-corrected chi connectivity index (χ0v) is 10.0. The van der Waals surface area contributed by atoms with Crippen molar-refractivity contribution in [1.29, 1.82) is 0 Å². The van der Waals surface area contributed by atoms with Gasteiger partial charge in [-0.05, 0) is 48.9 Å². The van der Waals surface area contributed by atoms with Gasteiger partial charge in [-0.1, -0.05) is 22.4 Å². The second kappa shape index (κ2) is 4.62. The summed E-state index contributed by atoms with van der Waals surface area (Å²) in [5, 5.41) is 9.87. The van der Waals surface area contributed by atoms with E-state index in [-0.39, 0.29) is 11.9 Å². The lowest BCUT2D eigenvalue weighted by molar-refractivity contribution is 0.0629. The molecule has 1 aromatic carbocycles. The van der Waals surface area contributed by atoms with Gasteiger partial charge in [0.05, 0.1) is 6.10 Å². The van der Waals surface area contributed by atoms with Crippen molar-refractivity contribution in [2.75, 3.05) is 0 Å². The van der Waals surface area contributed by atoms with E-state index in [2.05, 4.69) is 15.9 Å². The highest BCUT2D eigenvalue weighted by atomic mass is 79.9. The van der Waals surface area contributed by atoms with Gasteiger partial charge in [0.1, 0.15) is 5.82 Å². The van der Waals surface area contributed by atoms with Gasteiger partial charge in [0.2, 0.25) is 0 Å². The average molecular weight is 273 g/mol. The third kappa shape index (κ3) is 2.79. The summed E-state index contributed by atoms with van der Waals surface area (Å²) in [6, 6.07) is 4.79. The molecule has 82 valence electrons. The first-order chi connectivity index (χ1) is 7.15. The van der Waals surface area contributed by atoms with Gasteiger partial charge in [0, 0.05) is 4.47 Å². The number of benzene rings is 1. The first-order valence-electron chi connectivity index (χ1n) is 5.28. The summed E-state index contributed by atoms with van der Waals surface area (Å²) in [5.74, 6) is 0.173. The van der Waals surface area contributed by atoms with Gasteiger partial charge in [-0.15, -0.1) is 0 Å². The molecular formula is C12H14BrFO. The van der Waals surface area contributed by atoms with Crippen LogP contribution < -0.4 is 0 Å². The molecule has 1 aliphatic carbocycles. The predicted octanol–water partition coefficient (Wildman–Crippen LogP) is 3.29. The predicted molar refractivity (Wildman–Crippen MR) is 61.2 cm³/mol. The SMILES string of the molecule is OC(Cc1cc(F)cc(Br)c1)C1CCC1. The van der Waals surface area contributed by atoms with Crippen molar-refractivity contribution >= 4 is 15.9 Å². The zero-order chi connectivity index (χ0) is 10.8. The van der Waals surface area contributed by atoms with E-state index in [1.54, 1.807) is 0 Å². The topological polar surface area (TPSA) is 20.2 Å². The molecule has 1 aliphatic rings. The highest BCUT2D eigenvalue weighted by Gasteiger charge is 2.25. The fraction of sp³-hybridized carbons (Fsp3) is 0.500. The number of halogens is 2. The summed E-state index contributed by atoms with van der Waals surface area (Å²) in [6.45, 7) is 0. The van der Waals surface area contributed by atoms with Crippen LogP contribution in [0.2, 0.25) is 0 Å². The van der Waals surface area contributed by atoms with Crippen LogP contribution in [0.25, 0.3) is 0 Å². The molecule has 0 saturated heterocycles. The van der Waals surface area contributed by atoms with E-state index < -0.39 is 0 Å². The minimum Gasteiger partial charge on any atom is -0.392 e. The Morgan fingerprint density at radius 1 is 1.40 bits per heavy atom. The maximum atomic E-state index is 13.1. The molecule has 3 heteroatoms. The molecule has 1 saturated carbocycles. The van der Waals surface area contributed by atoms with Crippen LogP contribution in [0.1, 0.15) is 24.8 Å². The number of aliphatic hydroxyl groups excluding tert-OH is 1. The van der Waals surface area contributed by atoms with Gasteiger partial charge in [0.15, 0.2) is 0 Å². The Kier molecular flexibility index (Phi) is 3.42. The smallest absolute Gasteiger partial charge is 0.124 e. The minimum atomic E-state index is -0.313. The monoisotopic (exact) mass is 272 g/mol. The normalized spacial score (nSPS) is 18.6. The molecule has 1 nitrogen and oxygen atoms in total. The van der Waals surface area contributed by atoms with Crippen LogP contribution in [0.4, 0.5) is 4.39 Å². The minimum absolute atomic E-state index is 0.250. The standard InChI is InChI=1S/C12H14BrFO/c13-10-4-8(5-11(14)7-10)6-12(15)9-2-1-3-9/h4-5,7,9,12,15H,1-3,6H2. The van der Waals surface area contributed by atoms with Crippen LogP contribution >= 0.6 is 15.9 Å². The van der Waals surface area contributed by atoms with E-state index in [4.69, 9.17) is 0 Å². The van der Waals surface area contributed by atoms with Crippen LogP contribution in [0.5, 0.6) is 0 Å². The third-order valence-electron chi connectivity index (χ3n) is 3.06. The van der Waals surface area contributed by atoms with E-state index in [0.29, 0.717) is 12.3 Å². The van der Waals surface area contributed by atoms with E-state index >= 15 is 0 Å². The zero-order valence-electron chi connectivity index (χ0n) is 8.42. The second-order valence-electron chi connectivity index (χ2n) is 4.24. The number of hydrogen-bond acceptors (Lipinski definition) is 1. The molecule has 1 fully saturated rings. The number of aliphatic hydroxyl groups is 1. The molecule has 0 bridgehead atoms.